The number of hydrogen-bond donors (Lipinski definition) is 1. The van der Waals surface area contributed by atoms with Crippen molar-refractivity contribution in [3.05, 3.63) is 133 Å². The smallest absolute Gasteiger partial charge is 0.418 e. The number of furan rings is 1. The minimum atomic E-state index is -4.69. The molecule has 57 heavy (non-hydrogen) atoms. The van der Waals surface area contributed by atoms with Crippen LogP contribution in [0, 0.1) is 43.9 Å². The fourth-order valence-electron chi connectivity index (χ4n) is 7.22. The molecule has 4 nitrogen and oxygen atoms in total. The van der Waals surface area contributed by atoms with Crippen molar-refractivity contribution in [1.82, 2.24) is 4.98 Å². The monoisotopic (exact) mass is 958 g/mol. The Labute approximate surface area is 343 Å². The summed E-state index contributed by atoms with van der Waals surface area (Å²) in [5, 5.41) is 11.6. The van der Waals surface area contributed by atoms with Crippen LogP contribution in [0.1, 0.15) is 64.5 Å². The topological polar surface area (TPSA) is 63.3 Å². The van der Waals surface area contributed by atoms with E-state index in [0.717, 1.165) is 37.9 Å². The van der Waals surface area contributed by atoms with Crippen LogP contribution in [0.3, 0.4) is 0 Å². The zero-order chi connectivity index (χ0) is 39.6. The molecule has 0 aliphatic heterocycles. The van der Waals surface area contributed by atoms with Gasteiger partial charge in [0.1, 0.15) is 17.2 Å². The van der Waals surface area contributed by atoms with E-state index < -0.39 is 23.4 Å². The molecule has 0 saturated carbocycles. The van der Waals surface area contributed by atoms with Gasteiger partial charge in [0, 0.05) is 55.2 Å². The number of aryl methyl sites for hydroxylation is 1. The quantitative estimate of drug-likeness (QED) is 0.0515. The Hall–Kier alpha value is -4.92. The Morgan fingerprint density at radius 3 is 2.12 bits per heavy atom. The van der Waals surface area contributed by atoms with Crippen LogP contribution >= 0.6 is 0 Å². The third kappa shape index (κ3) is 9.13. The largest absolute Gasteiger partial charge is 0.512 e. The Morgan fingerprint density at radius 2 is 1.49 bits per heavy atom. The van der Waals surface area contributed by atoms with E-state index in [0.29, 0.717) is 49.6 Å². The van der Waals surface area contributed by atoms with Crippen LogP contribution in [0.5, 0.6) is 0 Å². The van der Waals surface area contributed by atoms with Gasteiger partial charge in [-0.2, -0.15) is 13.2 Å². The van der Waals surface area contributed by atoms with Crippen molar-refractivity contribution in [3.8, 4) is 22.4 Å². The van der Waals surface area contributed by atoms with Crippen LogP contribution in [-0.4, -0.2) is 15.9 Å². The van der Waals surface area contributed by atoms with E-state index in [4.69, 9.17) is 4.42 Å². The van der Waals surface area contributed by atoms with Crippen molar-refractivity contribution in [2.45, 2.75) is 66.5 Å². The molecule has 301 valence electrons. The summed E-state index contributed by atoms with van der Waals surface area (Å²) in [6.07, 6.45) is 1.00. The predicted octanol–water partition coefficient (Wildman–Crippen LogP) is 14.3. The van der Waals surface area contributed by atoms with Crippen molar-refractivity contribution in [2.24, 2.45) is 11.8 Å². The number of ketones is 1. The Kier molecular flexibility index (Phi) is 14.6. The van der Waals surface area contributed by atoms with Gasteiger partial charge in [-0.1, -0.05) is 94.1 Å². The first-order valence-corrected chi connectivity index (χ1v) is 18.5. The van der Waals surface area contributed by atoms with Gasteiger partial charge < -0.3 is 21.9 Å². The maximum Gasteiger partial charge on any atom is 0.418 e. The first-order chi connectivity index (χ1) is 26.3. The minimum Gasteiger partial charge on any atom is -0.512 e. The van der Waals surface area contributed by atoms with Gasteiger partial charge in [0.15, 0.2) is 5.78 Å². The van der Waals surface area contributed by atoms with E-state index in [9.17, 15) is 27.5 Å². The molecule has 10 heteroatoms. The molecule has 0 unspecified atom stereocenters. The number of rotatable bonds is 9. The first-order valence-electron chi connectivity index (χ1n) is 18.5. The normalized spacial score (nSPS) is 11.9. The van der Waals surface area contributed by atoms with Crippen LogP contribution in [-0.2, 0) is 31.1 Å². The molecule has 0 saturated heterocycles. The third-order valence-electron chi connectivity index (χ3n) is 10.3. The van der Waals surface area contributed by atoms with Gasteiger partial charge in [-0.25, -0.2) is 8.78 Å². The fourth-order valence-corrected chi connectivity index (χ4v) is 7.22. The van der Waals surface area contributed by atoms with Crippen molar-refractivity contribution >= 4 is 49.3 Å². The van der Waals surface area contributed by atoms with Crippen molar-refractivity contribution in [1.29, 1.82) is 0 Å². The first kappa shape index (κ1) is 44.8. The molecule has 7 rings (SSSR count). The van der Waals surface area contributed by atoms with E-state index in [1.165, 1.54) is 30.3 Å². The number of fused-ring (bicyclic) bond motifs is 6. The Bertz CT molecular complexity index is 2550. The van der Waals surface area contributed by atoms with E-state index in [1.54, 1.807) is 37.3 Å². The number of allylic oxidation sites excluding steroid dienone is 2. The maximum atomic E-state index is 15.3. The molecule has 7 aromatic rings. The summed E-state index contributed by atoms with van der Waals surface area (Å²) in [6.45, 7) is 9.86. The summed E-state index contributed by atoms with van der Waals surface area (Å²) in [5.41, 5.74) is 2.14. The maximum absolute atomic E-state index is 15.3. The molecule has 0 amide bonds. The van der Waals surface area contributed by atoms with Crippen LogP contribution in [0.2, 0.25) is 0 Å². The number of pyridine rings is 1. The van der Waals surface area contributed by atoms with Gasteiger partial charge in [0.2, 0.25) is 0 Å². The zero-order valence-corrected chi connectivity index (χ0v) is 35.0. The summed E-state index contributed by atoms with van der Waals surface area (Å²) in [4.78, 5) is 16.0. The average molecular weight is 958 g/mol. The molecular weight excluding hydrogens is 914 g/mol. The molecule has 5 aromatic carbocycles. The van der Waals surface area contributed by atoms with Crippen molar-refractivity contribution < 1.29 is 56.4 Å². The molecule has 2 heterocycles. The zero-order valence-electron chi connectivity index (χ0n) is 32.6. The number of aliphatic hydroxyl groups excluding tert-OH is 1. The SMILES string of the molecule is CCC(CC)C(=O)/C=C(\O)C(CC)CC.Cc1[c-]c(-c2ncc(C(F)(F)F)c3c2ccc2cc(F)ccc23)c2oc3cc(-c4ccccc4)c(F)cc3c2c1.[CH3-].[Ir]. The molecule has 0 atom stereocenters. The van der Waals surface area contributed by atoms with Crippen LogP contribution in [0.25, 0.3) is 65.9 Å². The second-order valence-electron chi connectivity index (χ2n) is 13.7. The second-order valence-corrected chi connectivity index (χ2v) is 13.7. The molecule has 0 aliphatic carbocycles. The van der Waals surface area contributed by atoms with Gasteiger partial charge in [0.25, 0.3) is 0 Å². The summed E-state index contributed by atoms with van der Waals surface area (Å²) in [6, 6.07) is 23.9. The third-order valence-corrected chi connectivity index (χ3v) is 10.3. The van der Waals surface area contributed by atoms with Crippen LogP contribution in [0.4, 0.5) is 22.0 Å². The number of halogens is 5. The number of aliphatic hydroxyl groups is 1. The summed E-state index contributed by atoms with van der Waals surface area (Å²) < 4.78 is 77.9. The van der Waals surface area contributed by atoms with E-state index in [2.05, 4.69) is 11.1 Å². The second kappa shape index (κ2) is 18.6. The van der Waals surface area contributed by atoms with Gasteiger partial charge in [-0.15, -0.1) is 17.7 Å². The van der Waals surface area contributed by atoms with Gasteiger partial charge >= 0.3 is 6.18 Å². The van der Waals surface area contributed by atoms with Crippen molar-refractivity contribution in [3.63, 3.8) is 0 Å². The molecule has 0 spiro atoms. The molecule has 2 aromatic heterocycles. The van der Waals surface area contributed by atoms with Gasteiger partial charge in [0.05, 0.1) is 16.9 Å². The number of alkyl halides is 3. The van der Waals surface area contributed by atoms with Crippen LogP contribution in [0.15, 0.2) is 101 Å². The summed E-state index contributed by atoms with van der Waals surface area (Å²) in [7, 11) is 0. The van der Waals surface area contributed by atoms with Gasteiger partial charge in [-0.3, -0.25) is 4.79 Å². The molecule has 0 aliphatic rings. The molecule has 1 radical (unpaired) electrons. The number of aromatic nitrogens is 1. The van der Waals surface area contributed by atoms with Crippen LogP contribution < -0.4 is 0 Å². The number of nitrogens with zero attached hydrogens (tertiary/aromatic N) is 1. The number of hydrogen-bond acceptors (Lipinski definition) is 4. The Morgan fingerprint density at radius 1 is 0.842 bits per heavy atom. The van der Waals surface area contributed by atoms with Gasteiger partial charge in [-0.05, 0) is 82.8 Å². The number of carbonyl (C=O) groups is 1. The minimum absolute atomic E-state index is 0. The standard InChI is InChI=1S/C33H17F5NO.C13H24O2.CH3.Ir/c1-17-11-25-24-14-28(35)23(18-5-3-2-4-6-18)15-29(24)40-32(25)26(12-17)31-22-9-7-19-13-20(34)8-10-21(19)30(22)27(16-39-31)33(36,37)38;1-5-10(6-2)12(14)9-13(15)11(7-3)8-4;;/h2-11,13-16H,1H3;9-11,14H,5-8H2,1-4H3;1H3;/q-1;;-1;/b;12-9-;;. The van der Waals surface area contributed by atoms with E-state index in [-0.39, 0.29) is 72.8 Å². The summed E-state index contributed by atoms with van der Waals surface area (Å²) >= 11 is 0. The van der Waals surface area contributed by atoms with Crippen molar-refractivity contribution in [2.75, 3.05) is 0 Å². The number of benzene rings is 5. The average Bonchev–Trinajstić information content (AvgIpc) is 3.51. The predicted molar refractivity (Wildman–Crippen MR) is 216 cm³/mol. The number of carbonyl (C=O) groups excluding carboxylic acids is 1. The van der Waals surface area contributed by atoms with E-state index in [1.807, 2.05) is 45.9 Å². The Balaban J connectivity index is 0.000000365. The molecule has 0 bridgehead atoms. The molecular formula is C47H44F5IrNO3-2. The molecule has 1 N–H and O–H groups in total. The fraction of sp³-hybridized carbons (Fsp3) is 0.255. The summed E-state index contributed by atoms with van der Waals surface area (Å²) in [5.74, 6) is -0.427. The molecule has 0 fully saturated rings. The van der Waals surface area contributed by atoms with E-state index >= 15 is 4.39 Å².